The average molecular weight is 342 g/mol. The van der Waals surface area contributed by atoms with Crippen LogP contribution in [0.3, 0.4) is 0 Å². The Bertz CT molecular complexity index is 746. The van der Waals surface area contributed by atoms with E-state index in [-0.39, 0.29) is 17.1 Å². The molecule has 2 aromatic rings. The van der Waals surface area contributed by atoms with Gasteiger partial charge in [-0.2, -0.15) is 0 Å². The van der Waals surface area contributed by atoms with Gasteiger partial charge in [0.1, 0.15) is 5.82 Å². The van der Waals surface area contributed by atoms with Crippen LogP contribution < -0.4 is 0 Å². The predicted octanol–water partition coefficient (Wildman–Crippen LogP) is 3.43. The second kappa shape index (κ2) is 6.64. The number of furan rings is 1. The van der Waals surface area contributed by atoms with Crippen molar-refractivity contribution in [2.75, 3.05) is 19.6 Å². The Morgan fingerprint density at radius 3 is 2.84 bits per heavy atom. The smallest absolute Gasteiger partial charge is 0.230 e. The molecule has 4 rings (SSSR count). The van der Waals surface area contributed by atoms with Gasteiger partial charge in [-0.15, -0.1) is 0 Å². The summed E-state index contributed by atoms with van der Waals surface area (Å²) in [6.07, 6.45) is 6.35. The molecule has 2 fully saturated rings. The quantitative estimate of drug-likeness (QED) is 0.854. The first-order valence-corrected chi connectivity index (χ1v) is 8.92. The SMILES string of the molecule is O=C1N(Cc2cccc(F)c2)CCC12CCCN(Cc1ccoc1)C2. The van der Waals surface area contributed by atoms with Crippen molar-refractivity contribution < 1.29 is 13.6 Å². The summed E-state index contributed by atoms with van der Waals surface area (Å²) in [5.74, 6) is -0.0172. The fourth-order valence-corrected chi connectivity index (χ4v) is 4.28. The van der Waals surface area contributed by atoms with Crippen LogP contribution in [0.25, 0.3) is 0 Å². The summed E-state index contributed by atoms with van der Waals surface area (Å²) in [5, 5.41) is 0. The molecule has 1 aromatic carbocycles. The molecule has 1 unspecified atom stereocenters. The number of amides is 1. The van der Waals surface area contributed by atoms with Gasteiger partial charge in [-0.25, -0.2) is 4.39 Å². The van der Waals surface area contributed by atoms with Crippen LogP contribution in [0, 0.1) is 11.2 Å². The zero-order valence-electron chi connectivity index (χ0n) is 14.3. The maximum absolute atomic E-state index is 13.4. The van der Waals surface area contributed by atoms with Crippen molar-refractivity contribution in [3.8, 4) is 0 Å². The number of rotatable bonds is 4. The lowest BCUT2D eigenvalue weighted by Crippen LogP contribution is -2.47. The minimum atomic E-state index is -0.269. The lowest BCUT2D eigenvalue weighted by atomic mass is 9.78. The molecule has 1 atom stereocenters. The summed E-state index contributed by atoms with van der Waals surface area (Å²) in [5.41, 5.74) is 1.74. The third-order valence-electron chi connectivity index (χ3n) is 5.51. The minimum absolute atomic E-state index is 0.230. The molecular formula is C20H23FN2O2. The van der Waals surface area contributed by atoms with Crippen molar-refractivity contribution in [2.24, 2.45) is 5.41 Å². The molecule has 1 aromatic heterocycles. The first kappa shape index (κ1) is 16.3. The van der Waals surface area contributed by atoms with Gasteiger partial charge in [0.05, 0.1) is 17.9 Å². The number of hydrogen-bond acceptors (Lipinski definition) is 3. The van der Waals surface area contributed by atoms with Crippen molar-refractivity contribution in [2.45, 2.75) is 32.4 Å². The summed E-state index contributed by atoms with van der Waals surface area (Å²) >= 11 is 0. The first-order chi connectivity index (χ1) is 12.1. The van der Waals surface area contributed by atoms with Crippen molar-refractivity contribution in [1.82, 2.24) is 9.80 Å². The number of hydrogen-bond donors (Lipinski definition) is 0. The van der Waals surface area contributed by atoms with E-state index < -0.39 is 0 Å². The Labute approximate surface area is 147 Å². The van der Waals surface area contributed by atoms with Gasteiger partial charge in [-0.05, 0) is 49.6 Å². The molecule has 3 heterocycles. The average Bonchev–Trinajstić information content (AvgIpc) is 3.20. The van der Waals surface area contributed by atoms with Crippen LogP contribution in [0.1, 0.15) is 30.4 Å². The van der Waals surface area contributed by atoms with Gasteiger partial charge in [0.25, 0.3) is 0 Å². The largest absolute Gasteiger partial charge is 0.472 e. The molecule has 0 aliphatic carbocycles. The van der Waals surface area contributed by atoms with Crippen molar-refractivity contribution in [1.29, 1.82) is 0 Å². The highest BCUT2D eigenvalue weighted by molar-refractivity contribution is 5.85. The van der Waals surface area contributed by atoms with E-state index >= 15 is 0 Å². The molecule has 1 amide bonds. The first-order valence-electron chi connectivity index (χ1n) is 8.92. The molecule has 25 heavy (non-hydrogen) atoms. The number of benzene rings is 1. The van der Waals surface area contributed by atoms with Crippen LogP contribution >= 0.6 is 0 Å². The predicted molar refractivity (Wildman–Crippen MR) is 92.1 cm³/mol. The maximum atomic E-state index is 13.4. The molecule has 4 nitrogen and oxygen atoms in total. The topological polar surface area (TPSA) is 36.7 Å². The summed E-state index contributed by atoms with van der Waals surface area (Å²) in [7, 11) is 0. The number of nitrogens with zero attached hydrogens (tertiary/aromatic N) is 2. The van der Waals surface area contributed by atoms with E-state index in [9.17, 15) is 9.18 Å². The Balaban J connectivity index is 1.44. The highest BCUT2D eigenvalue weighted by Gasteiger charge is 2.48. The Morgan fingerprint density at radius 2 is 2.04 bits per heavy atom. The van der Waals surface area contributed by atoms with Crippen LogP contribution in [0.2, 0.25) is 0 Å². The van der Waals surface area contributed by atoms with Crippen LogP contribution in [0.5, 0.6) is 0 Å². The standard InChI is InChI=1S/C20H23FN2O2/c21-18-4-1-3-16(11-18)13-23-9-7-20(19(23)24)6-2-8-22(15-20)12-17-5-10-25-14-17/h1,3-5,10-11,14H,2,6-9,12-13,15H2. The van der Waals surface area contributed by atoms with Crippen LogP contribution in [-0.4, -0.2) is 35.3 Å². The summed E-state index contributed by atoms with van der Waals surface area (Å²) in [4.78, 5) is 17.4. The second-order valence-corrected chi connectivity index (χ2v) is 7.33. The number of likely N-dealkylation sites (tertiary alicyclic amines) is 2. The van der Waals surface area contributed by atoms with Crippen molar-refractivity contribution >= 4 is 5.91 Å². The highest BCUT2D eigenvalue weighted by Crippen LogP contribution is 2.41. The molecule has 2 aliphatic rings. The molecule has 0 radical (unpaired) electrons. The van der Waals surface area contributed by atoms with E-state index in [1.54, 1.807) is 18.6 Å². The summed E-state index contributed by atoms with van der Waals surface area (Å²) in [6.45, 7) is 3.91. The molecule has 132 valence electrons. The zero-order valence-corrected chi connectivity index (χ0v) is 14.3. The Hall–Kier alpha value is -2.14. The van der Waals surface area contributed by atoms with Gasteiger partial charge in [0, 0.05) is 31.7 Å². The third kappa shape index (κ3) is 3.33. The van der Waals surface area contributed by atoms with E-state index in [1.807, 2.05) is 17.0 Å². The van der Waals surface area contributed by atoms with Crippen LogP contribution in [0.15, 0.2) is 47.3 Å². The van der Waals surface area contributed by atoms with E-state index in [0.717, 1.165) is 56.6 Å². The normalized spacial score (nSPS) is 24.4. The zero-order chi connectivity index (χ0) is 17.3. The van der Waals surface area contributed by atoms with Crippen molar-refractivity contribution in [3.63, 3.8) is 0 Å². The molecule has 0 bridgehead atoms. The maximum Gasteiger partial charge on any atom is 0.230 e. The van der Waals surface area contributed by atoms with Crippen LogP contribution in [-0.2, 0) is 17.9 Å². The van der Waals surface area contributed by atoms with Gasteiger partial charge < -0.3 is 9.32 Å². The van der Waals surface area contributed by atoms with E-state index in [2.05, 4.69) is 4.90 Å². The Morgan fingerprint density at radius 1 is 1.12 bits per heavy atom. The molecule has 1 spiro atoms. The lowest BCUT2D eigenvalue weighted by Gasteiger charge is -2.39. The number of carbonyl (C=O) groups is 1. The van der Waals surface area contributed by atoms with Crippen LogP contribution in [0.4, 0.5) is 4.39 Å². The monoisotopic (exact) mass is 342 g/mol. The molecule has 5 heteroatoms. The number of halogens is 1. The third-order valence-corrected chi connectivity index (χ3v) is 5.51. The fourth-order valence-electron chi connectivity index (χ4n) is 4.28. The van der Waals surface area contributed by atoms with Gasteiger partial charge in [0.2, 0.25) is 5.91 Å². The molecule has 0 saturated carbocycles. The summed E-state index contributed by atoms with van der Waals surface area (Å²) in [6, 6.07) is 8.52. The van der Waals surface area contributed by atoms with Crippen molar-refractivity contribution in [3.05, 3.63) is 59.8 Å². The molecular weight excluding hydrogens is 319 g/mol. The van der Waals surface area contributed by atoms with Gasteiger partial charge in [-0.1, -0.05) is 12.1 Å². The number of piperidine rings is 1. The second-order valence-electron chi connectivity index (χ2n) is 7.33. The lowest BCUT2D eigenvalue weighted by molar-refractivity contribution is -0.139. The van der Waals surface area contributed by atoms with Gasteiger partial charge in [0.15, 0.2) is 0 Å². The van der Waals surface area contributed by atoms with Gasteiger partial charge in [-0.3, -0.25) is 9.69 Å². The molecule has 2 saturated heterocycles. The van der Waals surface area contributed by atoms with E-state index in [0.29, 0.717) is 6.54 Å². The molecule has 0 N–H and O–H groups in total. The fraction of sp³-hybridized carbons (Fsp3) is 0.450. The highest BCUT2D eigenvalue weighted by atomic mass is 19.1. The van der Waals surface area contributed by atoms with Gasteiger partial charge >= 0.3 is 0 Å². The summed E-state index contributed by atoms with van der Waals surface area (Å²) < 4.78 is 18.6. The Kier molecular flexibility index (Phi) is 4.34. The minimum Gasteiger partial charge on any atom is -0.472 e. The molecule has 2 aliphatic heterocycles. The van der Waals surface area contributed by atoms with E-state index in [1.165, 1.54) is 12.1 Å². The number of carbonyl (C=O) groups excluding carboxylic acids is 1. The van der Waals surface area contributed by atoms with E-state index in [4.69, 9.17) is 4.42 Å².